The van der Waals surface area contributed by atoms with Gasteiger partial charge in [-0.15, -0.1) is 0 Å². The Morgan fingerprint density at radius 3 is 2.40 bits per heavy atom. The van der Waals surface area contributed by atoms with Crippen molar-refractivity contribution in [1.29, 1.82) is 5.26 Å². The molecule has 0 unspecified atom stereocenters. The quantitative estimate of drug-likeness (QED) is 0.310. The van der Waals surface area contributed by atoms with Crippen LogP contribution in [-0.4, -0.2) is 30.4 Å². The first-order valence-electron chi connectivity index (χ1n) is 9.32. The number of esters is 1. The number of carbonyl (C=O) groups excluding carboxylic acids is 3. The number of ketones is 1. The van der Waals surface area contributed by atoms with Gasteiger partial charge in [-0.05, 0) is 56.7 Å². The minimum Gasteiger partial charge on any atom is -0.494 e. The summed E-state index contributed by atoms with van der Waals surface area (Å²) in [4.78, 5) is 36.4. The second-order valence-electron chi connectivity index (χ2n) is 6.31. The van der Waals surface area contributed by atoms with Gasteiger partial charge in [0.05, 0.1) is 12.3 Å². The number of Topliss-reactive ketones (excluding diaryl/α,β-unsaturated/α-hetero) is 1. The average Bonchev–Trinajstić information content (AvgIpc) is 2.73. The Hall–Kier alpha value is -3.92. The molecule has 7 heteroatoms. The highest BCUT2D eigenvalue weighted by Gasteiger charge is 2.21. The molecular weight excluding hydrogens is 384 g/mol. The van der Waals surface area contributed by atoms with Crippen LogP contribution < -0.4 is 10.1 Å². The molecule has 30 heavy (non-hydrogen) atoms. The molecule has 1 atom stereocenters. The van der Waals surface area contributed by atoms with Crippen LogP contribution in [0.3, 0.4) is 0 Å². The summed E-state index contributed by atoms with van der Waals surface area (Å²) in [5, 5.41) is 11.9. The zero-order valence-electron chi connectivity index (χ0n) is 17.0. The molecule has 2 aromatic rings. The first-order valence-corrected chi connectivity index (χ1v) is 9.32. The van der Waals surface area contributed by atoms with E-state index in [-0.39, 0.29) is 11.4 Å². The lowest BCUT2D eigenvalue weighted by Crippen LogP contribution is -2.30. The molecule has 0 saturated carbocycles. The van der Waals surface area contributed by atoms with Crippen LogP contribution in [0.15, 0.2) is 54.1 Å². The molecule has 0 aliphatic rings. The van der Waals surface area contributed by atoms with Gasteiger partial charge in [0.2, 0.25) is 0 Å². The van der Waals surface area contributed by atoms with Gasteiger partial charge in [-0.2, -0.15) is 5.26 Å². The summed E-state index contributed by atoms with van der Waals surface area (Å²) in [6.07, 6.45) is 0.197. The van der Waals surface area contributed by atoms with Gasteiger partial charge in [0.15, 0.2) is 11.9 Å². The lowest BCUT2D eigenvalue weighted by Gasteiger charge is -2.14. The number of nitriles is 1. The largest absolute Gasteiger partial charge is 0.494 e. The Kier molecular flexibility index (Phi) is 7.89. The summed E-state index contributed by atoms with van der Waals surface area (Å²) in [6.45, 7) is 5.17. The molecule has 0 heterocycles. The van der Waals surface area contributed by atoms with Gasteiger partial charge >= 0.3 is 5.97 Å². The maximum atomic E-state index is 12.4. The fraction of sp³-hybridized carbons (Fsp3) is 0.217. The Bertz CT molecular complexity index is 1000. The van der Waals surface area contributed by atoms with Gasteiger partial charge in [-0.25, -0.2) is 4.79 Å². The SMILES string of the molecule is CCOc1ccc(/C=C(\C#N)C(=O)O[C@@H](C)C(=O)Nc2ccccc2C(C)=O)cc1. The molecule has 154 valence electrons. The maximum Gasteiger partial charge on any atom is 0.349 e. The summed E-state index contributed by atoms with van der Waals surface area (Å²) in [6, 6.07) is 15.1. The van der Waals surface area contributed by atoms with E-state index in [0.29, 0.717) is 29.2 Å². The Labute approximate surface area is 174 Å². The van der Waals surface area contributed by atoms with Gasteiger partial charge in [0.25, 0.3) is 5.91 Å². The highest BCUT2D eigenvalue weighted by molar-refractivity contribution is 6.05. The summed E-state index contributed by atoms with van der Waals surface area (Å²) in [5.41, 5.74) is 1.03. The number of anilines is 1. The Balaban J connectivity index is 2.06. The topological polar surface area (TPSA) is 105 Å². The van der Waals surface area contributed by atoms with E-state index >= 15 is 0 Å². The number of nitrogens with one attached hydrogen (secondary N) is 1. The van der Waals surface area contributed by atoms with Crippen LogP contribution in [0.5, 0.6) is 5.75 Å². The van der Waals surface area contributed by atoms with Crippen molar-refractivity contribution in [3.05, 3.63) is 65.2 Å². The van der Waals surface area contributed by atoms with Crippen LogP contribution in [-0.2, 0) is 14.3 Å². The predicted octanol–water partition coefficient (Wildman–Crippen LogP) is 3.77. The van der Waals surface area contributed by atoms with Gasteiger partial charge in [-0.3, -0.25) is 9.59 Å². The van der Waals surface area contributed by atoms with Crippen molar-refractivity contribution >= 4 is 29.4 Å². The number of rotatable bonds is 8. The van der Waals surface area contributed by atoms with E-state index < -0.39 is 18.0 Å². The lowest BCUT2D eigenvalue weighted by molar-refractivity contribution is -0.148. The molecule has 0 spiro atoms. The zero-order valence-corrected chi connectivity index (χ0v) is 17.0. The number of hydrogen-bond acceptors (Lipinski definition) is 6. The summed E-state index contributed by atoms with van der Waals surface area (Å²) < 4.78 is 10.5. The third-order valence-electron chi connectivity index (χ3n) is 4.06. The van der Waals surface area contributed by atoms with Crippen molar-refractivity contribution in [1.82, 2.24) is 0 Å². The van der Waals surface area contributed by atoms with Crippen molar-refractivity contribution in [3.63, 3.8) is 0 Å². The standard InChI is InChI=1S/C23H22N2O5/c1-4-29-19-11-9-17(10-12-19)13-18(14-24)23(28)30-16(3)22(27)25-21-8-6-5-7-20(21)15(2)26/h5-13,16H,4H2,1-3H3,(H,25,27)/b18-13+/t16-/m0/s1. The number of ether oxygens (including phenoxy) is 2. The summed E-state index contributed by atoms with van der Waals surface area (Å²) in [7, 11) is 0. The predicted molar refractivity (Wildman–Crippen MR) is 112 cm³/mol. The average molecular weight is 406 g/mol. The molecule has 0 fully saturated rings. The molecule has 1 N–H and O–H groups in total. The smallest absolute Gasteiger partial charge is 0.349 e. The number of amides is 1. The van der Waals surface area contributed by atoms with E-state index in [1.165, 1.54) is 19.9 Å². The molecule has 0 aliphatic heterocycles. The summed E-state index contributed by atoms with van der Waals surface area (Å²) in [5.74, 6) is -1.07. The van der Waals surface area contributed by atoms with Crippen LogP contribution in [0, 0.1) is 11.3 Å². The van der Waals surface area contributed by atoms with E-state index in [2.05, 4.69) is 5.32 Å². The van der Waals surface area contributed by atoms with Gasteiger partial charge in [0, 0.05) is 5.56 Å². The number of para-hydroxylation sites is 1. The molecule has 1 amide bonds. The highest BCUT2D eigenvalue weighted by Crippen LogP contribution is 2.17. The molecule has 2 aromatic carbocycles. The van der Waals surface area contributed by atoms with Crippen molar-refractivity contribution in [2.24, 2.45) is 0 Å². The van der Waals surface area contributed by atoms with E-state index in [9.17, 15) is 19.6 Å². The zero-order chi connectivity index (χ0) is 22.1. The van der Waals surface area contributed by atoms with E-state index in [1.807, 2.05) is 6.92 Å². The van der Waals surface area contributed by atoms with Crippen molar-refractivity contribution in [3.8, 4) is 11.8 Å². The second-order valence-corrected chi connectivity index (χ2v) is 6.31. The fourth-order valence-corrected chi connectivity index (χ4v) is 2.54. The third-order valence-corrected chi connectivity index (χ3v) is 4.06. The van der Waals surface area contributed by atoms with Crippen molar-refractivity contribution in [2.45, 2.75) is 26.9 Å². The minimum absolute atomic E-state index is 0.208. The van der Waals surface area contributed by atoms with E-state index in [4.69, 9.17) is 9.47 Å². The maximum absolute atomic E-state index is 12.4. The minimum atomic E-state index is -1.17. The van der Waals surface area contributed by atoms with Gasteiger partial charge in [0.1, 0.15) is 17.4 Å². The van der Waals surface area contributed by atoms with Crippen LogP contribution in [0.2, 0.25) is 0 Å². The number of carbonyl (C=O) groups is 3. The van der Waals surface area contributed by atoms with Crippen molar-refractivity contribution in [2.75, 3.05) is 11.9 Å². The molecule has 0 saturated heterocycles. The molecule has 7 nitrogen and oxygen atoms in total. The molecular formula is C23H22N2O5. The summed E-state index contributed by atoms with van der Waals surface area (Å²) >= 11 is 0. The molecule has 2 rings (SSSR count). The normalized spacial score (nSPS) is 11.7. The Morgan fingerprint density at radius 1 is 1.13 bits per heavy atom. The van der Waals surface area contributed by atoms with E-state index in [0.717, 1.165) is 0 Å². The number of nitrogens with zero attached hydrogens (tertiary/aromatic N) is 1. The number of hydrogen-bond donors (Lipinski definition) is 1. The van der Waals surface area contributed by atoms with E-state index in [1.54, 1.807) is 54.6 Å². The molecule has 0 aliphatic carbocycles. The van der Waals surface area contributed by atoms with Crippen LogP contribution >= 0.6 is 0 Å². The fourth-order valence-electron chi connectivity index (χ4n) is 2.54. The molecule has 0 radical (unpaired) electrons. The first-order chi connectivity index (χ1) is 14.3. The van der Waals surface area contributed by atoms with Gasteiger partial charge < -0.3 is 14.8 Å². The van der Waals surface area contributed by atoms with Gasteiger partial charge in [-0.1, -0.05) is 24.3 Å². The number of benzene rings is 2. The van der Waals surface area contributed by atoms with Crippen LogP contribution in [0.4, 0.5) is 5.69 Å². The third kappa shape index (κ3) is 6.04. The monoisotopic (exact) mass is 406 g/mol. The van der Waals surface area contributed by atoms with Crippen LogP contribution in [0.25, 0.3) is 6.08 Å². The molecule has 0 bridgehead atoms. The Morgan fingerprint density at radius 2 is 1.80 bits per heavy atom. The van der Waals surface area contributed by atoms with Crippen LogP contribution in [0.1, 0.15) is 36.7 Å². The van der Waals surface area contributed by atoms with Crippen molar-refractivity contribution < 1.29 is 23.9 Å². The molecule has 0 aromatic heterocycles. The highest BCUT2D eigenvalue weighted by atomic mass is 16.5. The first kappa shape index (κ1) is 22.4. The second kappa shape index (κ2) is 10.6. The lowest BCUT2D eigenvalue weighted by atomic mass is 10.1.